The van der Waals surface area contributed by atoms with E-state index in [0.717, 1.165) is 29.9 Å². The summed E-state index contributed by atoms with van der Waals surface area (Å²) >= 11 is 0. The molecule has 0 radical (unpaired) electrons. The number of hydrogen-bond donors (Lipinski definition) is 0. The van der Waals surface area contributed by atoms with Gasteiger partial charge in [-0.25, -0.2) is 0 Å². The molecule has 0 amide bonds. The predicted molar refractivity (Wildman–Crippen MR) is 120 cm³/mol. The largest absolute Gasteiger partial charge is 0.372 e. The van der Waals surface area contributed by atoms with Crippen LogP contribution in [0.25, 0.3) is 0 Å². The Morgan fingerprint density at radius 3 is 2.50 bits per heavy atom. The molecule has 0 N–H and O–H groups in total. The minimum Gasteiger partial charge on any atom is -0.372 e. The van der Waals surface area contributed by atoms with Crippen molar-refractivity contribution in [2.45, 2.75) is 89.4 Å². The summed E-state index contributed by atoms with van der Waals surface area (Å²) in [6.07, 6.45) is 13.2. The molecule has 0 aromatic heterocycles. The summed E-state index contributed by atoms with van der Waals surface area (Å²) in [7, 11) is 0. The van der Waals surface area contributed by atoms with Crippen molar-refractivity contribution in [3.05, 3.63) is 53.8 Å². The normalized spacial score (nSPS) is 33.2. The van der Waals surface area contributed by atoms with Crippen molar-refractivity contribution in [2.75, 3.05) is 0 Å². The van der Waals surface area contributed by atoms with Gasteiger partial charge >= 0.3 is 0 Å². The van der Waals surface area contributed by atoms with E-state index in [1.54, 1.807) is 0 Å². The van der Waals surface area contributed by atoms with E-state index in [-0.39, 0.29) is 17.9 Å². The average molecular weight is 412 g/mol. The van der Waals surface area contributed by atoms with Crippen LogP contribution in [-0.4, -0.2) is 23.0 Å². The zero-order chi connectivity index (χ0) is 20.9. The molecule has 30 heavy (non-hydrogen) atoms. The van der Waals surface area contributed by atoms with Crippen LogP contribution in [0.5, 0.6) is 0 Å². The number of ether oxygens (including phenoxy) is 1. The van der Waals surface area contributed by atoms with E-state index in [9.17, 15) is 5.21 Å². The molecule has 5 atom stereocenters. The van der Waals surface area contributed by atoms with E-state index in [2.05, 4.69) is 36.9 Å². The summed E-state index contributed by atoms with van der Waals surface area (Å²) in [5.74, 6) is 1.30. The van der Waals surface area contributed by atoms with Crippen LogP contribution in [0.4, 0.5) is 0 Å². The van der Waals surface area contributed by atoms with Crippen molar-refractivity contribution >= 4 is 5.71 Å². The van der Waals surface area contributed by atoms with Gasteiger partial charge in [-0.2, -0.15) is 0 Å². The monoisotopic (exact) mass is 411 g/mol. The summed E-state index contributed by atoms with van der Waals surface area (Å²) in [4.78, 5) is 6.61. The van der Waals surface area contributed by atoms with Crippen LogP contribution in [0.3, 0.4) is 0 Å². The molecule has 3 aliphatic rings. The number of allylic oxidation sites excluding steroid dienone is 1. The van der Waals surface area contributed by atoms with Crippen LogP contribution in [0.15, 0.2) is 43.0 Å². The summed E-state index contributed by atoms with van der Waals surface area (Å²) in [5.41, 5.74) is 2.15. The van der Waals surface area contributed by atoms with Gasteiger partial charge in [0.05, 0.1) is 12.0 Å². The molecule has 2 aliphatic carbocycles. The van der Waals surface area contributed by atoms with Gasteiger partial charge in [-0.05, 0) is 43.6 Å². The van der Waals surface area contributed by atoms with E-state index in [1.807, 2.05) is 13.0 Å². The first-order valence-electron chi connectivity index (χ1n) is 12.0. The third kappa shape index (κ3) is 4.59. The van der Waals surface area contributed by atoms with Gasteiger partial charge in [-0.3, -0.25) is 5.21 Å². The molecule has 164 valence electrons. The third-order valence-electron chi connectivity index (χ3n) is 7.62. The average Bonchev–Trinajstić information content (AvgIpc) is 2.79. The highest BCUT2D eigenvalue weighted by atomic mass is 16.9. The molecule has 4 rings (SSSR count). The van der Waals surface area contributed by atoms with Gasteiger partial charge in [0.2, 0.25) is 5.71 Å². The van der Waals surface area contributed by atoms with Gasteiger partial charge in [-0.1, -0.05) is 68.5 Å². The van der Waals surface area contributed by atoms with Crippen LogP contribution in [0.2, 0.25) is 0 Å². The van der Waals surface area contributed by atoms with E-state index in [0.29, 0.717) is 11.8 Å². The predicted octanol–water partition coefficient (Wildman–Crippen LogP) is 6.36. The number of benzene rings is 1. The van der Waals surface area contributed by atoms with Gasteiger partial charge < -0.3 is 9.57 Å². The molecule has 0 bridgehead atoms. The fraction of sp³-hybridized carbons (Fsp3) is 0.654. The molecular formula is C26H37NO3. The fourth-order valence-electron chi connectivity index (χ4n) is 6.13. The maximum absolute atomic E-state index is 12.8. The lowest BCUT2D eigenvalue weighted by Crippen LogP contribution is -2.49. The summed E-state index contributed by atoms with van der Waals surface area (Å²) in [6.45, 7) is 5.96. The molecular weight excluding hydrogens is 374 g/mol. The number of rotatable bonds is 6. The van der Waals surface area contributed by atoms with Gasteiger partial charge in [0.1, 0.15) is 0 Å². The highest BCUT2D eigenvalue weighted by molar-refractivity contribution is 5.80. The minimum atomic E-state index is -0.495. The Bertz CT molecular complexity index is 725. The number of hydrogen-bond acceptors (Lipinski definition) is 3. The van der Waals surface area contributed by atoms with Crippen LogP contribution < -0.4 is 0 Å². The maximum Gasteiger partial charge on any atom is 0.222 e. The van der Waals surface area contributed by atoms with Crippen molar-refractivity contribution < 1.29 is 14.5 Å². The van der Waals surface area contributed by atoms with Crippen LogP contribution in [0.1, 0.15) is 82.6 Å². The third-order valence-corrected chi connectivity index (χ3v) is 7.62. The fourth-order valence-corrected chi connectivity index (χ4v) is 6.13. The molecule has 0 saturated heterocycles. The van der Waals surface area contributed by atoms with E-state index in [1.165, 1.54) is 50.5 Å². The first kappa shape index (κ1) is 21.4. The van der Waals surface area contributed by atoms with E-state index >= 15 is 0 Å². The Hall–Kier alpha value is -1.81. The number of nitrogens with zero attached hydrogens (tertiary/aromatic N) is 1. The zero-order valence-corrected chi connectivity index (χ0v) is 18.4. The smallest absolute Gasteiger partial charge is 0.222 e. The molecule has 2 saturated carbocycles. The van der Waals surface area contributed by atoms with E-state index < -0.39 is 6.29 Å². The van der Waals surface area contributed by atoms with Crippen LogP contribution >= 0.6 is 0 Å². The van der Waals surface area contributed by atoms with Gasteiger partial charge in [0.25, 0.3) is 0 Å². The molecule has 2 fully saturated rings. The molecule has 0 spiro atoms. The summed E-state index contributed by atoms with van der Waals surface area (Å²) in [6, 6.07) is 10.7. The van der Waals surface area contributed by atoms with Crippen molar-refractivity contribution in [1.29, 1.82) is 0 Å². The molecule has 4 heteroatoms. The Labute approximate surface area is 181 Å². The topological polar surface area (TPSA) is 44.5 Å². The van der Waals surface area contributed by atoms with Crippen molar-refractivity contribution in [2.24, 2.45) is 17.8 Å². The molecule has 1 aliphatic heterocycles. The maximum atomic E-state index is 12.8. The molecule has 1 aromatic carbocycles. The summed E-state index contributed by atoms with van der Waals surface area (Å²) in [5, 5.41) is 12.8. The van der Waals surface area contributed by atoms with Gasteiger partial charge in [0.15, 0.2) is 6.29 Å². The van der Waals surface area contributed by atoms with Gasteiger partial charge in [0, 0.05) is 23.7 Å². The SMILES string of the molecule is C=CC[C@H]1[C@H](O[C@@H]2CCCC[C@H]2c2ccccc2)O[N+]([O-])=C(C)[C@H]1C1CCCCC1. The second-order valence-corrected chi connectivity index (χ2v) is 9.46. The quantitative estimate of drug-likeness (QED) is 0.404. The Morgan fingerprint density at radius 2 is 1.77 bits per heavy atom. The van der Waals surface area contributed by atoms with Crippen molar-refractivity contribution in [1.82, 2.24) is 0 Å². The second-order valence-electron chi connectivity index (χ2n) is 9.46. The lowest BCUT2D eigenvalue weighted by Gasteiger charge is -2.44. The Morgan fingerprint density at radius 1 is 1.07 bits per heavy atom. The van der Waals surface area contributed by atoms with Crippen LogP contribution in [0, 0.1) is 23.0 Å². The van der Waals surface area contributed by atoms with Crippen LogP contribution in [-0.2, 0) is 9.57 Å². The minimum absolute atomic E-state index is 0.0947. The lowest BCUT2D eigenvalue weighted by atomic mass is 9.70. The van der Waals surface area contributed by atoms with Crippen molar-refractivity contribution in [3.8, 4) is 0 Å². The van der Waals surface area contributed by atoms with Gasteiger partial charge in [-0.15, -0.1) is 6.58 Å². The first-order chi connectivity index (χ1) is 14.7. The molecule has 1 heterocycles. The molecule has 0 unspecified atom stereocenters. The van der Waals surface area contributed by atoms with E-state index in [4.69, 9.17) is 9.57 Å². The highest BCUT2D eigenvalue weighted by Crippen LogP contribution is 2.43. The zero-order valence-electron chi connectivity index (χ0n) is 18.4. The molecule has 1 aromatic rings. The standard InChI is InChI=1S/C26H37NO3/c1-3-12-23-25(21-15-8-5-9-16-21)19(2)27(28)30-26(23)29-24-18-11-10-17-22(24)20-13-6-4-7-14-20/h3-4,6-7,13-14,21-26H,1,5,8-12,15-18H2,2H3/t22-,23+,24+,25-,26+/m0/s1. The van der Waals surface area contributed by atoms with Crippen molar-refractivity contribution in [3.63, 3.8) is 0 Å². The highest BCUT2D eigenvalue weighted by Gasteiger charge is 2.45. The first-order valence-corrected chi connectivity index (χ1v) is 12.0. The Balaban J connectivity index is 1.57. The lowest BCUT2D eigenvalue weighted by molar-refractivity contribution is -0.778. The molecule has 4 nitrogen and oxygen atoms in total. The summed E-state index contributed by atoms with van der Waals surface area (Å²) < 4.78 is 6.68. The second kappa shape index (κ2) is 10.00. The Kier molecular flexibility index (Phi) is 7.14.